The molecular weight excluding hydrogens is 262 g/mol. The standard InChI is InChI=1S/C14H19NO3S/c1-2-7-18-11-5-3-10(4-6-11)12-8-19-9-13(15-12)14(16)17/h3-6,12-13,15H,2,7-9H2,1H3,(H,16,17). The van der Waals surface area contributed by atoms with E-state index in [4.69, 9.17) is 9.84 Å². The molecule has 0 aliphatic carbocycles. The number of hydrogen-bond acceptors (Lipinski definition) is 4. The van der Waals surface area contributed by atoms with E-state index in [1.165, 1.54) is 0 Å². The normalized spacial score (nSPS) is 23.0. The van der Waals surface area contributed by atoms with Crippen LogP contribution in [0.2, 0.25) is 0 Å². The first-order valence-corrected chi connectivity index (χ1v) is 7.65. The zero-order valence-electron chi connectivity index (χ0n) is 11.0. The highest BCUT2D eigenvalue weighted by atomic mass is 32.2. The Morgan fingerprint density at radius 3 is 2.79 bits per heavy atom. The summed E-state index contributed by atoms with van der Waals surface area (Å²) in [5.74, 6) is 1.62. The SMILES string of the molecule is CCCOc1ccc(C2CSCC(C(=O)O)N2)cc1. The van der Waals surface area contributed by atoms with Crippen LogP contribution in [0.5, 0.6) is 5.75 Å². The molecule has 0 spiro atoms. The van der Waals surface area contributed by atoms with Crippen molar-refractivity contribution < 1.29 is 14.6 Å². The summed E-state index contributed by atoms with van der Waals surface area (Å²) in [6, 6.07) is 7.55. The number of rotatable bonds is 5. The molecule has 2 unspecified atom stereocenters. The molecule has 0 radical (unpaired) electrons. The highest BCUT2D eigenvalue weighted by molar-refractivity contribution is 7.99. The summed E-state index contributed by atoms with van der Waals surface area (Å²) < 4.78 is 5.54. The topological polar surface area (TPSA) is 58.6 Å². The highest BCUT2D eigenvalue weighted by Crippen LogP contribution is 2.26. The molecule has 2 atom stereocenters. The third kappa shape index (κ3) is 3.88. The fourth-order valence-electron chi connectivity index (χ4n) is 1.99. The number of carboxylic acids is 1. The molecule has 5 heteroatoms. The molecule has 1 fully saturated rings. The summed E-state index contributed by atoms with van der Waals surface area (Å²) in [6.07, 6.45) is 0.989. The lowest BCUT2D eigenvalue weighted by Gasteiger charge is -2.28. The predicted molar refractivity (Wildman–Crippen MR) is 76.9 cm³/mol. The van der Waals surface area contributed by atoms with Gasteiger partial charge in [-0.05, 0) is 24.1 Å². The molecule has 4 nitrogen and oxygen atoms in total. The Balaban J connectivity index is 1.99. The van der Waals surface area contributed by atoms with Gasteiger partial charge in [0.15, 0.2) is 0 Å². The molecule has 1 aromatic rings. The van der Waals surface area contributed by atoms with Crippen LogP contribution in [0, 0.1) is 0 Å². The summed E-state index contributed by atoms with van der Waals surface area (Å²) in [5.41, 5.74) is 1.11. The maximum absolute atomic E-state index is 11.0. The van der Waals surface area contributed by atoms with Crippen LogP contribution in [0.3, 0.4) is 0 Å². The van der Waals surface area contributed by atoms with Crippen molar-refractivity contribution in [1.29, 1.82) is 0 Å². The van der Waals surface area contributed by atoms with Crippen molar-refractivity contribution in [2.75, 3.05) is 18.1 Å². The maximum Gasteiger partial charge on any atom is 0.321 e. The first-order chi connectivity index (χ1) is 9.20. The molecule has 0 aromatic heterocycles. The largest absolute Gasteiger partial charge is 0.494 e. The summed E-state index contributed by atoms with van der Waals surface area (Å²) in [6.45, 7) is 2.79. The fourth-order valence-corrected chi connectivity index (χ4v) is 3.13. The number of nitrogens with one attached hydrogen (secondary N) is 1. The second-order valence-corrected chi connectivity index (χ2v) is 5.64. The highest BCUT2D eigenvalue weighted by Gasteiger charge is 2.27. The first kappa shape index (κ1) is 14.2. The Morgan fingerprint density at radius 1 is 1.42 bits per heavy atom. The van der Waals surface area contributed by atoms with E-state index in [-0.39, 0.29) is 6.04 Å². The van der Waals surface area contributed by atoms with Gasteiger partial charge in [-0.25, -0.2) is 0 Å². The van der Waals surface area contributed by atoms with E-state index in [0.29, 0.717) is 5.75 Å². The van der Waals surface area contributed by atoms with Crippen LogP contribution in [0.1, 0.15) is 24.9 Å². The predicted octanol–water partition coefficient (Wildman–Crippen LogP) is 2.31. The van der Waals surface area contributed by atoms with Crippen LogP contribution >= 0.6 is 11.8 Å². The summed E-state index contributed by atoms with van der Waals surface area (Å²) in [4.78, 5) is 11.0. The van der Waals surface area contributed by atoms with Gasteiger partial charge in [0.25, 0.3) is 0 Å². The van der Waals surface area contributed by atoms with Gasteiger partial charge >= 0.3 is 5.97 Å². The quantitative estimate of drug-likeness (QED) is 0.867. The second kappa shape index (κ2) is 6.82. The molecule has 1 aliphatic heterocycles. The van der Waals surface area contributed by atoms with Crippen molar-refractivity contribution in [2.45, 2.75) is 25.4 Å². The molecule has 2 rings (SSSR count). The molecule has 1 saturated heterocycles. The molecule has 19 heavy (non-hydrogen) atoms. The minimum Gasteiger partial charge on any atom is -0.494 e. The van der Waals surface area contributed by atoms with Crippen molar-refractivity contribution in [1.82, 2.24) is 5.32 Å². The molecule has 1 aromatic carbocycles. The number of thioether (sulfide) groups is 1. The van der Waals surface area contributed by atoms with Crippen LogP contribution in [0.25, 0.3) is 0 Å². The Kier molecular flexibility index (Phi) is 5.10. The van der Waals surface area contributed by atoms with Gasteiger partial charge in [-0.2, -0.15) is 11.8 Å². The van der Waals surface area contributed by atoms with Gasteiger partial charge in [-0.1, -0.05) is 19.1 Å². The molecule has 1 aliphatic rings. The third-order valence-electron chi connectivity index (χ3n) is 3.02. The summed E-state index contributed by atoms with van der Waals surface area (Å²) >= 11 is 1.68. The molecule has 104 valence electrons. The van der Waals surface area contributed by atoms with Gasteiger partial charge in [-0.3, -0.25) is 10.1 Å². The van der Waals surface area contributed by atoms with Crippen molar-refractivity contribution >= 4 is 17.7 Å². The van der Waals surface area contributed by atoms with Crippen LogP contribution in [0.4, 0.5) is 0 Å². The molecule has 1 heterocycles. The van der Waals surface area contributed by atoms with Crippen molar-refractivity contribution in [3.8, 4) is 5.75 Å². The van der Waals surface area contributed by atoms with Gasteiger partial charge in [0.2, 0.25) is 0 Å². The number of benzene rings is 1. The van der Waals surface area contributed by atoms with Gasteiger partial charge < -0.3 is 9.84 Å². The molecular formula is C14H19NO3S. The number of aliphatic carboxylic acids is 1. The summed E-state index contributed by atoms with van der Waals surface area (Å²) in [7, 11) is 0. The van der Waals surface area contributed by atoms with E-state index in [9.17, 15) is 4.79 Å². The smallest absolute Gasteiger partial charge is 0.321 e. The maximum atomic E-state index is 11.0. The monoisotopic (exact) mass is 281 g/mol. The van der Waals surface area contributed by atoms with Crippen molar-refractivity contribution in [3.05, 3.63) is 29.8 Å². The molecule has 2 N–H and O–H groups in total. The third-order valence-corrected chi connectivity index (χ3v) is 4.16. The molecule has 0 amide bonds. The Hall–Kier alpha value is -1.20. The lowest BCUT2D eigenvalue weighted by Crippen LogP contribution is -2.45. The number of carbonyl (C=O) groups is 1. The minimum absolute atomic E-state index is 0.0973. The fraction of sp³-hybridized carbons (Fsp3) is 0.500. The lowest BCUT2D eigenvalue weighted by molar-refractivity contribution is -0.139. The lowest BCUT2D eigenvalue weighted by atomic mass is 10.1. The van der Waals surface area contributed by atoms with Gasteiger partial charge in [0, 0.05) is 17.5 Å². The van der Waals surface area contributed by atoms with Gasteiger partial charge in [-0.15, -0.1) is 0 Å². The number of hydrogen-bond donors (Lipinski definition) is 2. The van der Waals surface area contributed by atoms with Crippen molar-refractivity contribution in [3.63, 3.8) is 0 Å². The Bertz CT molecular complexity index is 421. The van der Waals surface area contributed by atoms with Crippen LogP contribution in [0.15, 0.2) is 24.3 Å². The summed E-state index contributed by atoms with van der Waals surface area (Å²) in [5, 5.41) is 12.2. The average Bonchev–Trinajstić information content (AvgIpc) is 2.46. The van der Waals surface area contributed by atoms with E-state index < -0.39 is 12.0 Å². The van der Waals surface area contributed by atoms with Gasteiger partial charge in [0.1, 0.15) is 11.8 Å². The van der Waals surface area contributed by atoms with E-state index in [1.54, 1.807) is 11.8 Å². The average molecular weight is 281 g/mol. The first-order valence-electron chi connectivity index (χ1n) is 6.50. The van der Waals surface area contributed by atoms with E-state index >= 15 is 0 Å². The Morgan fingerprint density at radius 2 is 2.16 bits per heavy atom. The van der Waals surface area contributed by atoms with E-state index in [1.807, 2.05) is 24.3 Å². The number of carboxylic acid groups (broad SMARTS) is 1. The zero-order chi connectivity index (χ0) is 13.7. The van der Waals surface area contributed by atoms with Crippen LogP contribution in [-0.2, 0) is 4.79 Å². The van der Waals surface area contributed by atoms with E-state index in [0.717, 1.165) is 30.1 Å². The molecule has 0 bridgehead atoms. The Labute approximate surface area is 117 Å². The van der Waals surface area contributed by atoms with E-state index in [2.05, 4.69) is 12.2 Å². The van der Waals surface area contributed by atoms with Crippen LogP contribution in [-0.4, -0.2) is 35.2 Å². The molecule has 0 saturated carbocycles. The number of ether oxygens (including phenoxy) is 1. The second-order valence-electron chi connectivity index (χ2n) is 4.57. The minimum atomic E-state index is -0.778. The zero-order valence-corrected chi connectivity index (χ0v) is 11.8. The van der Waals surface area contributed by atoms with Crippen molar-refractivity contribution in [2.24, 2.45) is 0 Å². The van der Waals surface area contributed by atoms with Gasteiger partial charge in [0.05, 0.1) is 6.61 Å². The van der Waals surface area contributed by atoms with Crippen LogP contribution < -0.4 is 10.1 Å².